The van der Waals surface area contributed by atoms with Crippen LogP contribution in [0, 0.1) is 6.92 Å². The van der Waals surface area contributed by atoms with E-state index in [0.717, 1.165) is 30.9 Å². The van der Waals surface area contributed by atoms with E-state index < -0.39 is 0 Å². The van der Waals surface area contributed by atoms with Crippen LogP contribution < -0.4 is 5.32 Å². The van der Waals surface area contributed by atoms with Crippen molar-refractivity contribution in [2.45, 2.75) is 13.5 Å². The fourth-order valence-corrected chi connectivity index (χ4v) is 3.02. The molecule has 18 heavy (non-hydrogen) atoms. The number of nitrogens with one attached hydrogen (secondary N) is 1. The van der Waals surface area contributed by atoms with Crippen LogP contribution in [0.1, 0.15) is 11.3 Å². The zero-order chi connectivity index (χ0) is 13.1. The lowest BCUT2D eigenvalue weighted by Gasteiger charge is -2.11. The molecule has 2 nitrogen and oxygen atoms in total. The Bertz CT molecular complexity index is 553. The summed E-state index contributed by atoms with van der Waals surface area (Å²) in [5, 5.41) is 4.04. The van der Waals surface area contributed by atoms with Crippen LogP contribution >= 0.6 is 43.5 Å². The third-order valence-corrected chi connectivity index (χ3v) is 3.97. The van der Waals surface area contributed by atoms with Crippen molar-refractivity contribution < 1.29 is 0 Å². The van der Waals surface area contributed by atoms with Gasteiger partial charge in [-0.2, -0.15) is 0 Å². The van der Waals surface area contributed by atoms with E-state index in [9.17, 15) is 0 Å². The van der Waals surface area contributed by atoms with Crippen LogP contribution in [0.3, 0.4) is 0 Å². The maximum atomic E-state index is 6.16. The van der Waals surface area contributed by atoms with Gasteiger partial charge in [0.2, 0.25) is 0 Å². The molecule has 2 rings (SSSR count). The standard InChI is InChI=1S/C13H11Br2ClN2/c1-8-3-2-4-11(16)13(8)18-7-12-10(15)5-9(14)6-17-12/h2-6,18H,7H2,1H3. The number of anilines is 1. The summed E-state index contributed by atoms with van der Waals surface area (Å²) in [5.74, 6) is 0. The summed E-state index contributed by atoms with van der Waals surface area (Å²) in [6.45, 7) is 2.65. The number of halogens is 3. The maximum absolute atomic E-state index is 6.16. The average molecular weight is 391 g/mol. The van der Waals surface area contributed by atoms with Crippen LogP contribution in [-0.2, 0) is 6.54 Å². The largest absolute Gasteiger partial charge is 0.378 e. The van der Waals surface area contributed by atoms with Crippen LogP contribution in [0.5, 0.6) is 0 Å². The lowest BCUT2D eigenvalue weighted by molar-refractivity contribution is 1.03. The van der Waals surface area contributed by atoms with E-state index in [4.69, 9.17) is 11.6 Å². The van der Waals surface area contributed by atoms with Crippen molar-refractivity contribution in [3.8, 4) is 0 Å². The number of rotatable bonds is 3. The first-order valence-electron chi connectivity index (χ1n) is 5.37. The molecule has 0 aliphatic heterocycles. The fourth-order valence-electron chi connectivity index (χ4n) is 1.60. The van der Waals surface area contributed by atoms with E-state index in [0.29, 0.717) is 6.54 Å². The average Bonchev–Trinajstić information content (AvgIpc) is 2.31. The number of aryl methyl sites for hydroxylation is 1. The summed E-state index contributed by atoms with van der Waals surface area (Å²) in [5.41, 5.74) is 3.02. The zero-order valence-corrected chi connectivity index (χ0v) is 13.6. The van der Waals surface area contributed by atoms with Gasteiger partial charge in [-0.25, -0.2) is 0 Å². The fraction of sp³-hybridized carbons (Fsp3) is 0.154. The van der Waals surface area contributed by atoms with Crippen LogP contribution in [0.2, 0.25) is 5.02 Å². The van der Waals surface area contributed by atoms with Gasteiger partial charge in [-0.1, -0.05) is 23.7 Å². The first-order chi connectivity index (χ1) is 8.58. The minimum Gasteiger partial charge on any atom is -0.378 e. The maximum Gasteiger partial charge on any atom is 0.0737 e. The van der Waals surface area contributed by atoms with Gasteiger partial charge in [-0.05, 0) is 56.5 Å². The lowest BCUT2D eigenvalue weighted by Crippen LogP contribution is -2.04. The molecule has 1 aromatic carbocycles. The van der Waals surface area contributed by atoms with Gasteiger partial charge in [-0.3, -0.25) is 4.98 Å². The quantitative estimate of drug-likeness (QED) is 0.781. The number of pyridine rings is 1. The smallest absolute Gasteiger partial charge is 0.0737 e. The second kappa shape index (κ2) is 6.04. The van der Waals surface area contributed by atoms with Crippen LogP contribution in [0.15, 0.2) is 39.4 Å². The highest BCUT2D eigenvalue weighted by atomic mass is 79.9. The van der Waals surface area contributed by atoms with Gasteiger partial charge in [0.1, 0.15) is 0 Å². The predicted octanol–water partition coefficient (Wildman–Crippen LogP) is 5.18. The monoisotopic (exact) mass is 388 g/mol. The highest BCUT2D eigenvalue weighted by molar-refractivity contribution is 9.11. The third kappa shape index (κ3) is 3.25. The molecule has 94 valence electrons. The minimum absolute atomic E-state index is 0.623. The molecule has 0 fully saturated rings. The van der Waals surface area contributed by atoms with Gasteiger partial charge in [0.15, 0.2) is 0 Å². The number of para-hydroxylation sites is 1. The third-order valence-electron chi connectivity index (χ3n) is 2.54. The first kappa shape index (κ1) is 13.8. The molecular formula is C13H11Br2ClN2. The number of benzene rings is 1. The number of aromatic nitrogens is 1. The Hall–Kier alpha value is -0.580. The van der Waals surface area contributed by atoms with Gasteiger partial charge >= 0.3 is 0 Å². The summed E-state index contributed by atoms with van der Waals surface area (Å²) in [7, 11) is 0. The van der Waals surface area contributed by atoms with Gasteiger partial charge in [0.05, 0.1) is 22.9 Å². The molecule has 1 heterocycles. The number of hydrogen-bond acceptors (Lipinski definition) is 2. The van der Waals surface area contributed by atoms with Crippen LogP contribution in [0.4, 0.5) is 5.69 Å². The van der Waals surface area contributed by atoms with Crippen molar-refractivity contribution in [3.63, 3.8) is 0 Å². The summed E-state index contributed by atoms with van der Waals surface area (Å²) in [6, 6.07) is 7.82. The number of nitrogens with zero attached hydrogens (tertiary/aromatic N) is 1. The molecule has 0 saturated carbocycles. The lowest BCUT2D eigenvalue weighted by atomic mass is 10.2. The van der Waals surface area contributed by atoms with Gasteiger partial charge < -0.3 is 5.32 Å². The van der Waals surface area contributed by atoms with Gasteiger partial charge in [0, 0.05) is 15.1 Å². The van der Waals surface area contributed by atoms with Crippen LogP contribution in [-0.4, -0.2) is 4.98 Å². The van der Waals surface area contributed by atoms with Crippen molar-refractivity contribution >= 4 is 49.1 Å². The molecule has 0 aliphatic carbocycles. The zero-order valence-electron chi connectivity index (χ0n) is 9.67. The molecule has 2 aromatic rings. The molecule has 0 saturated heterocycles. The van der Waals surface area contributed by atoms with Crippen molar-refractivity contribution in [2.24, 2.45) is 0 Å². The topological polar surface area (TPSA) is 24.9 Å². The molecule has 0 radical (unpaired) electrons. The molecule has 1 N–H and O–H groups in total. The SMILES string of the molecule is Cc1cccc(Cl)c1NCc1ncc(Br)cc1Br. The molecule has 5 heteroatoms. The summed E-state index contributed by atoms with van der Waals surface area (Å²) in [6.07, 6.45) is 1.78. The van der Waals surface area contributed by atoms with Crippen molar-refractivity contribution in [1.82, 2.24) is 4.98 Å². The highest BCUT2D eigenvalue weighted by Crippen LogP contribution is 2.27. The second-order valence-corrected chi connectivity index (χ2v) is 6.04. The molecule has 0 unspecified atom stereocenters. The molecule has 0 aliphatic rings. The predicted molar refractivity (Wildman–Crippen MR) is 83.2 cm³/mol. The van der Waals surface area contributed by atoms with Crippen molar-refractivity contribution in [1.29, 1.82) is 0 Å². The number of hydrogen-bond donors (Lipinski definition) is 1. The summed E-state index contributed by atoms with van der Waals surface area (Å²) < 4.78 is 1.92. The Labute approximate surface area is 128 Å². The summed E-state index contributed by atoms with van der Waals surface area (Å²) >= 11 is 13.0. The van der Waals surface area contributed by atoms with Gasteiger partial charge in [0.25, 0.3) is 0 Å². The molecule has 0 bridgehead atoms. The van der Waals surface area contributed by atoms with E-state index >= 15 is 0 Å². The van der Waals surface area contributed by atoms with E-state index in [1.165, 1.54) is 0 Å². The Morgan fingerprint density at radius 1 is 1.33 bits per heavy atom. The highest BCUT2D eigenvalue weighted by Gasteiger charge is 2.06. The Morgan fingerprint density at radius 2 is 2.11 bits per heavy atom. The molecule has 0 atom stereocenters. The molecular weight excluding hydrogens is 379 g/mol. The normalized spacial score (nSPS) is 10.4. The van der Waals surface area contributed by atoms with Crippen molar-refractivity contribution in [3.05, 3.63) is 55.7 Å². The van der Waals surface area contributed by atoms with Crippen LogP contribution in [0.25, 0.3) is 0 Å². The second-order valence-electron chi connectivity index (χ2n) is 3.87. The van der Waals surface area contributed by atoms with E-state index in [1.807, 2.05) is 31.2 Å². The molecule has 0 spiro atoms. The van der Waals surface area contributed by atoms with Gasteiger partial charge in [-0.15, -0.1) is 0 Å². The molecule has 0 amide bonds. The van der Waals surface area contributed by atoms with E-state index in [1.54, 1.807) is 6.20 Å². The summed E-state index contributed by atoms with van der Waals surface area (Å²) in [4.78, 5) is 4.35. The molecule has 1 aromatic heterocycles. The Balaban J connectivity index is 2.16. The van der Waals surface area contributed by atoms with Crippen molar-refractivity contribution in [2.75, 3.05) is 5.32 Å². The first-order valence-corrected chi connectivity index (χ1v) is 7.33. The van der Waals surface area contributed by atoms with E-state index in [2.05, 4.69) is 42.2 Å². The Morgan fingerprint density at radius 3 is 2.78 bits per heavy atom. The minimum atomic E-state index is 0.623. The van der Waals surface area contributed by atoms with E-state index in [-0.39, 0.29) is 0 Å². The Kier molecular flexibility index (Phi) is 4.65.